The molecule has 0 spiro atoms. The van der Waals surface area contributed by atoms with Crippen molar-refractivity contribution >= 4 is 36.1 Å². The number of imidazole rings is 1. The van der Waals surface area contributed by atoms with E-state index < -0.39 is 41.5 Å². The molecule has 3 heterocycles. The van der Waals surface area contributed by atoms with Crippen LogP contribution >= 0.6 is 11.8 Å². The summed E-state index contributed by atoms with van der Waals surface area (Å²) in [6.45, 7) is -0.243. The number of hydrogen-bond donors (Lipinski definition) is 1. The Morgan fingerprint density at radius 3 is 2.32 bits per heavy atom. The van der Waals surface area contributed by atoms with Gasteiger partial charge in [-0.2, -0.15) is 0 Å². The molecule has 3 atom stereocenters. The molecule has 2 unspecified atom stereocenters. The number of ether oxygens (including phenoxy) is 2. The van der Waals surface area contributed by atoms with Crippen molar-refractivity contribution in [2.75, 3.05) is 6.61 Å². The number of esters is 1. The molecule has 3 N–H and O–H groups in total. The number of rotatable bonds is 8. The smallest absolute Gasteiger partial charge is 0.419 e. The van der Waals surface area contributed by atoms with Crippen LogP contribution in [-0.4, -0.2) is 68.4 Å². The maximum atomic E-state index is 13.7. The molecule has 1 aromatic heterocycles. The third kappa shape index (κ3) is 5.17. The summed E-state index contributed by atoms with van der Waals surface area (Å²) in [5, 5.41) is 3.69. The highest BCUT2D eigenvalue weighted by Crippen LogP contribution is 2.41. The van der Waals surface area contributed by atoms with Crippen LogP contribution in [0.4, 0.5) is 4.79 Å². The Bertz CT molecular complexity index is 1280. The van der Waals surface area contributed by atoms with E-state index in [9.17, 15) is 19.2 Å². The molecule has 0 radical (unpaired) electrons. The van der Waals surface area contributed by atoms with Crippen molar-refractivity contribution in [3.63, 3.8) is 0 Å². The molecule has 2 aliphatic rings. The minimum Gasteiger partial charge on any atom is -0.451 e. The fourth-order valence-electron chi connectivity index (χ4n) is 4.26. The second-order valence-electron chi connectivity index (χ2n) is 8.29. The number of aromatic nitrogens is 2. The van der Waals surface area contributed by atoms with Gasteiger partial charge >= 0.3 is 12.1 Å². The highest BCUT2D eigenvalue weighted by atomic mass is 32.2. The van der Waals surface area contributed by atoms with E-state index in [2.05, 4.69) is 10.3 Å². The largest absolute Gasteiger partial charge is 0.451 e. The molecule has 5 rings (SSSR count). The molecule has 0 saturated carbocycles. The molecular weight excluding hydrogens is 512 g/mol. The van der Waals surface area contributed by atoms with Gasteiger partial charge in [0.15, 0.2) is 12.1 Å². The first kappa shape index (κ1) is 26.6. The molecular formula is C26H24N4O7S. The van der Waals surface area contributed by atoms with E-state index in [1.807, 2.05) is 60.7 Å². The van der Waals surface area contributed by atoms with Crippen molar-refractivity contribution in [1.29, 1.82) is 0 Å². The monoisotopic (exact) mass is 536 g/mol. The van der Waals surface area contributed by atoms with Crippen molar-refractivity contribution in [2.24, 2.45) is 0 Å². The molecule has 2 amide bonds. The average Bonchev–Trinajstić information content (AvgIpc) is 3.49. The second-order valence-corrected chi connectivity index (χ2v) is 9.28. The lowest BCUT2D eigenvalue weighted by atomic mass is 9.97. The minimum absolute atomic E-state index is 0. The molecule has 0 aliphatic carbocycles. The SMILES string of the molecule is O.O=CNC1C(=O)N2C(C(=O)OC(c3ccccc3)c3ccccc3)C(COC(=O)n3ccnc3)=CS[C@@H]12. The van der Waals surface area contributed by atoms with Crippen LogP contribution in [0, 0.1) is 0 Å². The molecule has 1 saturated heterocycles. The summed E-state index contributed by atoms with van der Waals surface area (Å²) >= 11 is 1.26. The second kappa shape index (κ2) is 11.8. The number of benzene rings is 2. The Balaban J connectivity index is 0.00000336. The van der Waals surface area contributed by atoms with Crippen LogP contribution in [0.5, 0.6) is 0 Å². The summed E-state index contributed by atoms with van der Waals surface area (Å²) in [6, 6.07) is 16.7. The number of β-lactam (4-membered cyclic amide) rings is 1. The molecule has 196 valence electrons. The van der Waals surface area contributed by atoms with Gasteiger partial charge < -0.3 is 25.2 Å². The highest BCUT2D eigenvalue weighted by Gasteiger charge is 2.56. The lowest BCUT2D eigenvalue weighted by molar-refractivity contribution is -0.165. The number of nitrogens with one attached hydrogen (secondary N) is 1. The van der Waals surface area contributed by atoms with Gasteiger partial charge in [0.25, 0.3) is 0 Å². The molecule has 12 heteroatoms. The van der Waals surface area contributed by atoms with Gasteiger partial charge in [0, 0.05) is 18.0 Å². The molecule has 3 aromatic rings. The van der Waals surface area contributed by atoms with Crippen LogP contribution < -0.4 is 5.32 Å². The normalized spacial score (nSPS) is 19.8. The van der Waals surface area contributed by atoms with Gasteiger partial charge in [-0.3, -0.25) is 9.59 Å². The van der Waals surface area contributed by atoms with Crippen LogP contribution in [-0.2, 0) is 23.9 Å². The maximum absolute atomic E-state index is 13.7. The van der Waals surface area contributed by atoms with Crippen molar-refractivity contribution in [3.8, 4) is 0 Å². The van der Waals surface area contributed by atoms with Crippen molar-refractivity contribution in [1.82, 2.24) is 19.8 Å². The highest BCUT2D eigenvalue weighted by molar-refractivity contribution is 8.02. The van der Waals surface area contributed by atoms with E-state index in [1.54, 1.807) is 5.41 Å². The Labute approximate surface area is 221 Å². The average molecular weight is 537 g/mol. The van der Waals surface area contributed by atoms with E-state index in [1.165, 1.54) is 35.4 Å². The summed E-state index contributed by atoms with van der Waals surface area (Å²) in [5.41, 5.74) is 1.91. The maximum Gasteiger partial charge on any atom is 0.419 e. The summed E-state index contributed by atoms with van der Waals surface area (Å²) in [6.07, 6.45) is 3.23. The lowest BCUT2D eigenvalue weighted by Gasteiger charge is -2.51. The zero-order valence-corrected chi connectivity index (χ0v) is 20.7. The summed E-state index contributed by atoms with van der Waals surface area (Å²) in [7, 11) is 0. The predicted molar refractivity (Wildman–Crippen MR) is 136 cm³/mol. The van der Waals surface area contributed by atoms with Gasteiger partial charge in [0.1, 0.15) is 24.3 Å². The number of thioether (sulfide) groups is 1. The topological polar surface area (TPSA) is 151 Å². The summed E-state index contributed by atoms with van der Waals surface area (Å²) in [4.78, 5) is 55.2. The van der Waals surface area contributed by atoms with Gasteiger partial charge in [-0.25, -0.2) is 19.1 Å². The quantitative estimate of drug-likeness (QED) is 0.259. The van der Waals surface area contributed by atoms with E-state index in [-0.39, 0.29) is 12.1 Å². The molecule has 11 nitrogen and oxygen atoms in total. The Hall–Kier alpha value is -4.42. The number of fused-ring (bicyclic) bond motifs is 1. The molecule has 2 aliphatic heterocycles. The Morgan fingerprint density at radius 1 is 1.08 bits per heavy atom. The molecule has 0 bridgehead atoms. The van der Waals surface area contributed by atoms with E-state index in [4.69, 9.17) is 9.47 Å². The van der Waals surface area contributed by atoms with Crippen molar-refractivity contribution in [3.05, 3.63) is 101 Å². The van der Waals surface area contributed by atoms with Crippen LogP contribution in [0.3, 0.4) is 0 Å². The van der Waals surface area contributed by atoms with Crippen molar-refractivity contribution in [2.45, 2.75) is 23.6 Å². The first-order chi connectivity index (χ1) is 18.1. The fourth-order valence-corrected chi connectivity index (χ4v) is 5.48. The Kier molecular flexibility index (Phi) is 8.24. The number of hydrogen-bond acceptors (Lipinski definition) is 8. The summed E-state index contributed by atoms with van der Waals surface area (Å²) in [5.74, 6) is -1.10. The summed E-state index contributed by atoms with van der Waals surface area (Å²) < 4.78 is 12.6. The van der Waals surface area contributed by atoms with Crippen LogP contribution in [0.25, 0.3) is 0 Å². The van der Waals surface area contributed by atoms with Gasteiger partial charge in [0.2, 0.25) is 12.3 Å². The van der Waals surface area contributed by atoms with Gasteiger partial charge in [-0.05, 0) is 16.5 Å². The first-order valence-electron chi connectivity index (χ1n) is 11.4. The first-order valence-corrected chi connectivity index (χ1v) is 12.3. The predicted octanol–water partition coefficient (Wildman–Crippen LogP) is 1.66. The van der Waals surface area contributed by atoms with Crippen LogP contribution in [0.15, 0.2) is 90.4 Å². The Morgan fingerprint density at radius 2 is 1.74 bits per heavy atom. The third-order valence-electron chi connectivity index (χ3n) is 6.06. The number of nitrogens with zero attached hydrogens (tertiary/aromatic N) is 3. The van der Waals surface area contributed by atoms with E-state index in [0.717, 1.165) is 15.7 Å². The van der Waals surface area contributed by atoms with Crippen molar-refractivity contribution < 1.29 is 34.1 Å². The van der Waals surface area contributed by atoms with Crippen LogP contribution in [0.2, 0.25) is 0 Å². The van der Waals surface area contributed by atoms with Gasteiger partial charge in [-0.15, -0.1) is 11.8 Å². The third-order valence-corrected chi connectivity index (χ3v) is 7.27. The lowest BCUT2D eigenvalue weighted by Crippen LogP contribution is -2.73. The fraction of sp³-hybridized carbons (Fsp3) is 0.192. The molecule has 2 aromatic carbocycles. The van der Waals surface area contributed by atoms with Crippen LogP contribution in [0.1, 0.15) is 17.2 Å². The van der Waals surface area contributed by atoms with E-state index >= 15 is 0 Å². The standard InChI is InChI=1S/C26H22N4O6S.H2O/c31-16-28-20-23(32)30-21(19(14-37-24(20)30)13-35-26(34)29-12-11-27-15-29)25(33)36-22(17-7-3-1-4-8-17)18-9-5-2-6-10-18;/h1-12,14-16,20-22,24H,13H2,(H,28,31);1H2/t20?,21?,24-;/m0./s1. The van der Waals surface area contributed by atoms with Gasteiger partial charge in [-0.1, -0.05) is 60.7 Å². The molecule has 1 fully saturated rings. The zero-order chi connectivity index (χ0) is 25.8. The van der Waals surface area contributed by atoms with E-state index in [0.29, 0.717) is 12.0 Å². The number of carbonyl (C=O) groups is 4. The van der Waals surface area contributed by atoms with Gasteiger partial charge in [0.05, 0.1) is 0 Å². The molecule has 38 heavy (non-hydrogen) atoms. The number of carbonyl (C=O) groups excluding carboxylic acids is 4. The number of amides is 2. The zero-order valence-electron chi connectivity index (χ0n) is 19.9. The minimum atomic E-state index is -1.13.